The third kappa shape index (κ3) is 2.55. The van der Waals surface area contributed by atoms with E-state index in [9.17, 15) is 13.5 Å². The first-order chi connectivity index (χ1) is 8.41. The average molecular weight is 270 g/mol. The van der Waals surface area contributed by atoms with Gasteiger partial charge in [-0.25, -0.2) is 8.42 Å². The molecule has 5 nitrogen and oxygen atoms in total. The van der Waals surface area contributed by atoms with Crippen molar-refractivity contribution in [3.63, 3.8) is 0 Å². The molecule has 18 heavy (non-hydrogen) atoms. The van der Waals surface area contributed by atoms with Gasteiger partial charge in [0.25, 0.3) is 0 Å². The smallest absolute Gasteiger partial charge is 0.244 e. The van der Waals surface area contributed by atoms with Crippen LogP contribution < -0.4 is 0 Å². The van der Waals surface area contributed by atoms with E-state index in [2.05, 4.69) is 4.98 Å². The van der Waals surface area contributed by atoms with Crippen LogP contribution in [-0.2, 0) is 10.0 Å². The molecular formula is C12H18N2O3S. The van der Waals surface area contributed by atoms with E-state index in [0.29, 0.717) is 13.0 Å². The second-order valence-electron chi connectivity index (χ2n) is 4.91. The van der Waals surface area contributed by atoms with Gasteiger partial charge in [0.2, 0.25) is 10.0 Å². The molecule has 0 spiro atoms. The van der Waals surface area contributed by atoms with Gasteiger partial charge in [-0.2, -0.15) is 4.31 Å². The van der Waals surface area contributed by atoms with Crippen LogP contribution in [0, 0.1) is 0 Å². The highest BCUT2D eigenvalue weighted by Crippen LogP contribution is 2.23. The van der Waals surface area contributed by atoms with Gasteiger partial charge in [0.05, 0.1) is 6.10 Å². The van der Waals surface area contributed by atoms with E-state index in [0.717, 1.165) is 5.56 Å². The molecular weight excluding hydrogens is 252 g/mol. The van der Waals surface area contributed by atoms with E-state index in [1.54, 1.807) is 12.3 Å². The van der Waals surface area contributed by atoms with Crippen molar-refractivity contribution in [2.24, 2.45) is 0 Å². The molecule has 1 fully saturated rings. The molecule has 0 amide bonds. The average Bonchev–Trinajstić information content (AvgIpc) is 2.77. The molecule has 0 bridgehead atoms. The number of aliphatic hydroxyl groups is 1. The second kappa shape index (κ2) is 4.95. The Morgan fingerprint density at radius 1 is 1.44 bits per heavy atom. The van der Waals surface area contributed by atoms with E-state index in [1.165, 1.54) is 10.5 Å². The number of hydrogen-bond acceptors (Lipinski definition) is 4. The molecule has 1 saturated heterocycles. The van der Waals surface area contributed by atoms with E-state index < -0.39 is 16.1 Å². The predicted molar refractivity (Wildman–Crippen MR) is 67.7 cm³/mol. The number of aliphatic hydroxyl groups excluding tert-OH is 1. The van der Waals surface area contributed by atoms with E-state index in [4.69, 9.17) is 0 Å². The summed E-state index contributed by atoms with van der Waals surface area (Å²) in [6, 6.07) is 1.66. The van der Waals surface area contributed by atoms with Crippen LogP contribution in [0.25, 0.3) is 0 Å². The summed E-state index contributed by atoms with van der Waals surface area (Å²) in [7, 11) is -3.52. The molecule has 0 radical (unpaired) electrons. The Hall–Kier alpha value is -0.980. The molecule has 100 valence electrons. The number of sulfonamides is 1. The predicted octanol–water partition coefficient (Wildman–Crippen LogP) is 0.960. The maximum absolute atomic E-state index is 12.3. The number of nitrogens with zero attached hydrogens (tertiary/aromatic N) is 2. The first-order valence-corrected chi connectivity index (χ1v) is 7.48. The van der Waals surface area contributed by atoms with Crippen molar-refractivity contribution >= 4 is 10.0 Å². The summed E-state index contributed by atoms with van der Waals surface area (Å²) in [6.45, 7) is 4.53. The number of pyridine rings is 1. The lowest BCUT2D eigenvalue weighted by Crippen LogP contribution is -2.29. The van der Waals surface area contributed by atoms with Crippen LogP contribution in [0.3, 0.4) is 0 Å². The summed E-state index contributed by atoms with van der Waals surface area (Å²) in [6.07, 6.45) is 2.99. The zero-order valence-corrected chi connectivity index (χ0v) is 11.4. The van der Waals surface area contributed by atoms with Crippen LogP contribution in [0.1, 0.15) is 31.7 Å². The summed E-state index contributed by atoms with van der Waals surface area (Å²) in [5.74, 6) is 0.233. The first-order valence-electron chi connectivity index (χ1n) is 6.04. The van der Waals surface area contributed by atoms with Gasteiger partial charge in [0, 0.05) is 25.5 Å². The van der Waals surface area contributed by atoms with Gasteiger partial charge in [-0.1, -0.05) is 13.8 Å². The van der Waals surface area contributed by atoms with Gasteiger partial charge in [-0.3, -0.25) is 4.98 Å². The van der Waals surface area contributed by atoms with Gasteiger partial charge in [-0.05, 0) is 24.0 Å². The molecule has 1 N–H and O–H groups in total. The van der Waals surface area contributed by atoms with E-state index in [-0.39, 0.29) is 17.4 Å². The highest BCUT2D eigenvalue weighted by Gasteiger charge is 2.31. The largest absolute Gasteiger partial charge is 0.392 e. The Kier molecular flexibility index (Phi) is 3.70. The Labute approximate surface area is 108 Å². The molecule has 6 heteroatoms. The van der Waals surface area contributed by atoms with Crippen molar-refractivity contribution in [3.8, 4) is 0 Å². The van der Waals surface area contributed by atoms with Crippen molar-refractivity contribution in [1.82, 2.24) is 9.29 Å². The molecule has 2 rings (SSSR count). The van der Waals surface area contributed by atoms with Gasteiger partial charge in [0.15, 0.2) is 0 Å². The van der Waals surface area contributed by atoms with Crippen molar-refractivity contribution in [1.29, 1.82) is 0 Å². The lowest BCUT2D eigenvalue weighted by atomic mass is 10.1. The minimum Gasteiger partial charge on any atom is -0.392 e. The fourth-order valence-electron chi connectivity index (χ4n) is 1.97. The molecule has 1 atom stereocenters. The van der Waals surface area contributed by atoms with Crippen molar-refractivity contribution < 1.29 is 13.5 Å². The molecule has 0 aromatic carbocycles. The Morgan fingerprint density at radius 2 is 2.17 bits per heavy atom. The first kappa shape index (κ1) is 13.5. The quantitative estimate of drug-likeness (QED) is 0.888. The van der Waals surface area contributed by atoms with E-state index in [1.807, 2.05) is 13.8 Å². The number of aromatic nitrogens is 1. The zero-order chi connectivity index (χ0) is 13.3. The SMILES string of the molecule is CC(C)c1cncc(S(=O)(=O)N2CC[C@@H](O)C2)c1. The van der Waals surface area contributed by atoms with Crippen LogP contribution in [0.4, 0.5) is 0 Å². The van der Waals surface area contributed by atoms with Gasteiger partial charge in [-0.15, -0.1) is 0 Å². The van der Waals surface area contributed by atoms with Gasteiger partial charge < -0.3 is 5.11 Å². The molecule has 1 aliphatic heterocycles. The second-order valence-corrected chi connectivity index (χ2v) is 6.85. The standard InChI is InChI=1S/C12H18N2O3S/c1-9(2)10-5-12(7-13-6-10)18(16,17)14-4-3-11(15)8-14/h5-7,9,11,15H,3-4,8H2,1-2H3/t11-/m1/s1. The molecule has 0 saturated carbocycles. The molecule has 1 aliphatic rings. The minimum absolute atomic E-state index is 0.175. The normalized spacial score (nSPS) is 21.7. The Morgan fingerprint density at radius 3 is 2.72 bits per heavy atom. The van der Waals surface area contributed by atoms with Crippen LogP contribution in [-0.4, -0.2) is 42.0 Å². The van der Waals surface area contributed by atoms with Crippen molar-refractivity contribution in [3.05, 3.63) is 24.0 Å². The monoisotopic (exact) mass is 270 g/mol. The summed E-state index contributed by atoms with van der Waals surface area (Å²) in [5.41, 5.74) is 0.899. The lowest BCUT2D eigenvalue weighted by Gasteiger charge is -2.16. The van der Waals surface area contributed by atoms with Crippen LogP contribution in [0.15, 0.2) is 23.4 Å². The highest BCUT2D eigenvalue weighted by molar-refractivity contribution is 7.89. The van der Waals surface area contributed by atoms with E-state index >= 15 is 0 Å². The van der Waals surface area contributed by atoms with Crippen molar-refractivity contribution in [2.45, 2.75) is 37.2 Å². The molecule has 0 aliphatic carbocycles. The third-order valence-corrected chi connectivity index (χ3v) is 5.00. The molecule has 0 unspecified atom stereocenters. The molecule has 1 aromatic rings. The minimum atomic E-state index is -3.52. The number of hydrogen-bond donors (Lipinski definition) is 1. The zero-order valence-electron chi connectivity index (χ0n) is 10.6. The topological polar surface area (TPSA) is 70.5 Å². The fraction of sp³-hybridized carbons (Fsp3) is 0.583. The summed E-state index contributed by atoms with van der Waals surface area (Å²) in [5, 5.41) is 9.43. The Balaban J connectivity index is 2.32. The molecule has 1 aromatic heterocycles. The third-order valence-electron chi connectivity index (χ3n) is 3.16. The summed E-state index contributed by atoms with van der Waals surface area (Å²) >= 11 is 0. The van der Waals surface area contributed by atoms with Crippen LogP contribution in [0.5, 0.6) is 0 Å². The highest BCUT2D eigenvalue weighted by atomic mass is 32.2. The van der Waals surface area contributed by atoms with Crippen LogP contribution in [0.2, 0.25) is 0 Å². The van der Waals surface area contributed by atoms with Crippen molar-refractivity contribution in [2.75, 3.05) is 13.1 Å². The number of rotatable bonds is 3. The Bertz CT molecular complexity index is 528. The van der Waals surface area contributed by atoms with Gasteiger partial charge >= 0.3 is 0 Å². The van der Waals surface area contributed by atoms with Gasteiger partial charge in [0.1, 0.15) is 4.90 Å². The summed E-state index contributed by atoms with van der Waals surface area (Å²) in [4.78, 5) is 4.21. The summed E-state index contributed by atoms with van der Waals surface area (Å²) < 4.78 is 26.0. The maximum Gasteiger partial charge on any atom is 0.244 e. The number of β-amino-alcohol motifs (C(OH)–C–C–N with tert-alkyl or cyclic N) is 1. The fourth-order valence-corrected chi connectivity index (χ4v) is 3.46. The lowest BCUT2D eigenvalue weighted by molar-refractivity contribution is 0.189. The maximum atomic E-state index is 12.3. The van der Waals surface area contributed by atoms with Crippen LogP contribution >= 0.6 is 0 Å². The molecule has 2 heterocycles.